The Morgan fingerprint density at radius 3 is 1.11 bits per heavy atom. The lowest BCUT2D eigenvalue weighted by molar-refractivity contribution is -0.162. The fourth-order valence-corrected chi connectivity index (χ4v) is 5.29. The molecule has 304 valence electrons. The number of aliphatic imine (C=N–C) groups is 2. The summed E-state index contributed by atoms with van der Waals surface area (Å²) >= 11 is 0. The molecule has 0 saturated carbocycles. The number of carbonyl (C=O) groups excluding carboxylic acids is 2. The van der Waals surface area contributed by atoms with E-state index in [0.717, 1.165) is 84.4 Å². The van der Waals surface area contributed by atoms with Crippen molar-refractivity contribution in [3.05, 3.63) is 108 Å². The molecule has 0 heterocycles. The molecular formula is C47H58N2O8. The standard InChI is InChI=1S/C47H58N2O8/c1-4-7-29-52-43-25-17-39(18-26-43)48-35-37-13-21-41(22-14-37)54-31-9-11-33-56-46(50)45(6-3)47(51)57-34-12-10-32-55-42-23-15-38(16-24-42)36-49-40-19-27-44(28-20-40)53-30-8-5-2/h13-28,35-36,45H,4-12,29-34H2,1-3H3. The van der Waals surface area contributed by atoms with E-state index in [1.54, 1.807) is 6.92 Å². The Balaban J connectivity index is 1.02. The van der Waals surface area contributed by atoms with E-state index in [9.17, 15) is 9.59 Å². The Bertz CT molecular complexity index is 1640. The summed E-state index contributed by atoms with van der Waals surface area (Å²) in [4.78, 5) is 34.2. The molecule has 0 aliphatic rings. The molecule has 0 aromatic heterocycles. The van der Waals surface area contributed by atoms with Crippen LogP contribution in [0.25, 0.3) is 0 Å². The zero-order valence-electron chi connectivity index (χ0n) is 33.7. The second kappa shape index (κ2) is 26.3. The van der Waals surface area contributed by atoms with Gasteiger partial charge in [-0.1, -0.05) is 33.6 Å². The van der Waals surface area contributed by atoms with Crippen LogP contribution in [-0.4, -0.2) is 64.0 Å². The third kappa shape index (κ3) is 17.4. The van der Waals surface area contributed by atoms with Crippen molar-refractivity contribution in [2.45, 2.75) is 78.6 Å². The molecule has 0 fully saturated rings. The Kier molecular flexibility index (Phi) is 20.3. The van der Waals surface area contributed by atoms with Gasteiger partial charge in [-0.05, 0) is 153 Å². The second-order valence-electron chi connectivity index (χ2n) is 13.5. The fraction of sp³-hybridized carbons (Fsp3) is 0.404. The minimum absolute atomic E-state index is 0.210. The van der Waals surface area contributed by atoms with Gasteiger partial charge >= 0.3 is 11.9 Å². The van der Waals surface area contributed by atoms with Crippen LogP contribution in [-0.2, 0) is 19.1 Å². The average Bonchev–Trinajstić information content (AvgIpc) is 3.24. The number of rotatable bonds is 27. The molecule has 0 saturated heterocycles. The molecule has 0 radical (unpaired) electrons. The van der Waals surface area contributed by atoms with Crippen molar-refractivity contribution in [1.82, 2.24) is 0 Å². The van der Waals surface area contributed by atoms with Crippen LogP contribution in [0, 0.1) is 5.92 Å². The fourth-order valence-electron chi connectivity index (χ4n) is 5.29. The van der Waals surface area contributed by atoms with Gasteiger partial charge in [-0.25, -0.2) is 0 Å². The average molecular weight is 779 g/mol. The van der Waals surface area contributed by atoms with Gasteiger partial charge in [0.15, 0.2) is 5.92 Å². The van der Waals surface area contributed by atoms with E-state index in [-0.39, 0.29) is 13.2 Å². The smallest absolute Gasteiger partial charge is 0.320 e. The van der Waals surface area contributed by atoms with Gasteiger partial charge < -0.3 is 28.4 Å². The highest BCUT2D eigenvalue weighted by molar-refractivity contribution is 5.94. The molecule has 57 heavy (non-hydrogen) atoms. The zero-order chi connectivity index (χ0) is 40.3. The summed E-state index contributed by atoms with van der Waals surface area (Å²) in [5.41, 5.74) is 3.63. The van der Waals surface area contributed by atoms with Crippen LogP contribution < -0.4 is 18.9 Å². The number of benzene rings is 4. The molecule has 0 atom stereocenters. The highest BCUT2D eigenvalue weighted by Gasteiger charge is 2.27. The Hall–Kier alpha value is -5.64. The van der Waals surface area contributed by atoms with E-state index in [2.05, 4.69) is 23.8 Å². The first-order valence-electron chi connectivity index (χ1n) is 20.3. The molecule has 0 amide bonds. The summed E-state index contributed by atoms with van der Waals surface area (Å²) in [6, 6.07) is 30.9. The van der Waals surface area contributed by atoms with Gasteiger partial charge in [-0.2, -0.15) is 0 Å². The number of hydrogen-bond acceptors (Lipinski definition) is 10. The third-order valence-electron chi connectivity index (χ3n) is 8.77. The van der Waals surface area contributed by atoms with E-state index in [4.69, 9.17) is 28.4 Å². The van der Waals surface area contributed by atoms with Gasteiger partial charge in [0.25, 0.3) is 0 Å². The van der Waals surface area contributed by atoms with Crippen molar-refractivity contribution >= 4 is 35.7 Å². The first-order chi connectivity index (χ1) is 28.0. The van der Waals surface area contributed by atoms with Gasteiger partial charge in [-0.3, -0.25) is 19.6 Å². The Morgan fingerprint density at radius 2 is 0.772 bits per heavy atom. The highest BCUT2D eigenvalue weighted by atomic mass is 16.6. The molecule has 0 N–H and O–H groups in total. The Labute approximate surface area is 338 Å². The highest BCUT2D eigenvalue weighted by Crippen LogP contribution is 2.21. The number of ether oxygens (including phenoxy) is 6. The lowest BCUT2D eigenvalue weighted by atomic mass is 10.1. The number of unbranched alkanes of at least 4 members (excludes halogenated alkanes) is 4. The van der Waals surface area contributed by atoms with Crippen LogP contribution in [0.4, 0.5) is 11.4 Å². The summed E-state index contributed by atoms with van der Waals surface area (Å²) in [5.74, 6) is 1.16. The molecule has 10 nitrogen and oxygen atoms in total. The molecule has 0 aliphatic carbocycles. The minimum atomic E-state index is -0.936. The van der Waals surface area contributed by atoms with E-state index in [0.29, 0.717) is 45.3 Å². The number of esters is 2. The summed E-state index contributed by atoms with van der Waals surface area (Å²) < 4.78 is 33.9. The van der Waals surface area contributed by atoms with Gasteiger partial charge in [0.1, 0.15) is 23.0 Å². The monoisotopic (exact) mass is 778 g/mol. The van der Waals surface area contributed by atoms with Crippen molar-refractivity contribution < 1.29 is 38.0 Å². The van der Waals surface area contributed by atoms with Gasteiger partial charge in [0.05, 0.1) is 51.0 Å². The van der Waals surface area contributed by atoms with Crippen LogP contribution in [0.2, 0.25) is 0 Å². The molecule has 0 spiro atoms. The number of hydrogen-bond donors (Lipinski definition) is 0. The van der Waals surface area contributed by atoms with Crippen LogP contribution in [0.3, 0.4) is 0 Å². The lowest BCUT2D eigenvalue weighted by Gasteiger charge is -2.14. The van der Waals surface area contributed by atoms with E-state index in [1.807, 2.05) is 109 Å². The van der Waals surface area contributed by atoms with Crippen LogP contribution in [0.1, 0.15) is 89.7 Å². The van der Waals surface area contributed by atoms with Crippen LogP contribution in [0.15, 0.2) is 107 Å². The lowest BCUT2D eigenvalue weighted by Crippen LogP contribution is -2.28. The maximum atomic E-state index is 12.6. The van der Waals surface area contributed by atoms with Crippen molar-refractivity contribution in [3.63, 3.8) is 0 Å². The van der Waals surface area contributed by atoms with Gasteiger partial charge in [0.2, 0.25) is 0 Å². The first kappa shape index (κ1) is 44.1. The van der Waals surface area contributed by atoms with Crippen molar-refractivity contribution in [1.29, 1.82) is 0 Å². The molecule has 4 aromatic carbocycles. The summed E-state index contributed by atoms with van der Waals surface area (Å²) in [6.45, 7) is 8.87. The Morgan fingerprint density at radius 1 is 0.456 bits per heavy atom. The van der Waals surface area contributed by atoms with Crippen LogP contribution >= 0.6 is 0 Å². The van der Waals surface area contributed by atoms with E-state index in [1.165, 1.54) is 0 Å². The molecule has 0 bridgehead atoms. The molecule has 4 rings (SSSR count). The zero-order valence-corrected chi connectivity index (χ0v) is 33.7. The van der Waals surface area contributed by atoms with Crippen molar-refractivity contribution in [3.8, 4) is 23.0 Å². The minimum Gasteiger partial charge on any atom is -0.494 e. The quantitative estimate of drug-likeness (QED) is 0.0254. The van der Waals surface area contributed by atoms with Crippen molar-refractivity contribution in [2.75, 3.05) is 39.6 Å². The van der Waals surface area contributed by atoms with Crippen LogP contribution in [0.5, 0.6) is 23.0 Å². The normalized spacial score (nSPS) is 11.7. The largest absolute Gasteiger partial charge is 0.494 e. The molecule has 0 unspecified atom stereocenters. The maximum absolute atomic E-state index is 12.6. The molecular weight excluding hydrogens is 721 g/mol. The maximum Gasteiger partial charge on any atom is 0.320 e. The predicted octanol–water partition coefficient (Wildman–Crippen LogP) is 10.7. The number of carbonyl (C=O) groups is 2. The summed E-state index contributed by atoms with van der Waals surface area (Å²) in [7, 11) is 0. The molecule has 10 heteroatoms. The van der Waals surface area contributed by atoms with E-state index >= 15 is 0 Å². The topological polar surface area (TPSA) is 114 Å². The molecule has 4 aromatic rings. The van der Waals surface area contributed by atoms with Gasteiger partial charge in [0, 0.05) is 12.4 Å². The predicted molar refractivity (Wildman–Crippen MR) is 226 cm³/mol. The SMILES string of the molecule is CCCCOc1ccc(N=Cc2ccc(OCCCCOC(=O)C(CC)C(=O)OCCCCOc3ccc(C=Nc4ccc(OCCCC)cc4)cc3)cc2)cc1. The first-order valence-corrected chi connectivity index (χ1v) is 20.3. The second-order valence-corrected chi connectivity index (χ2v) is 13.5. The van der Waals surface area contributed by atoms with Crippen molar-refractivity contribution in [2.24, 2.45) is 15.9 Å². The summed E-state index contributed by atoms with van der Waals surface area (Å²) in [6.07, 6.45) is 10.8. The third-order valence-corrected chi connectivity index (χ3v) is 8.77. The number of nitrogens with zero attached hydrogens (tertiary/aromatic N) is 2. The van der Waals surface area contributed by atoms with E-state index < -0.39 is 17.9 Å². The van der Waals surface area contributed by atoms with Gasteiger partial charge in [-0.15, -0.1) is 0 Å². The molecule has 0 aliphatic heterocycles. The summed E-state index contributed by atoms with van der Waals surface area (Å²) in [5, 5.41) is 0.